The molecule has 0 bridgehead atoms. The Labute approximate surface area is 122 Å². The molecule has 1 N–H and O–H groups in total. The van der Waals surface area contributed by atoms with E-state index in [0.29, 0.717) is 17.2 Å². The number of hydrogen-bond acceptors (Lipinski definition) is 5. The third kappa shape index (κ3) is 3.05. The van der Waals surface area contributed by atoms with Gasteiger partial charge in [0, 0.05) is 7.05 Å². The summed E-state index contributed by atoms with van der Waals surface area (Å²) in [6, 6.07) is 10.3. The Kier molecular flexibility index (Phi) is 4.27. The highest BCUT2D eigenvalue weighted by molar-refractivity contribution is 5.69. The van der Waals surface area contributed by atoms with Gasteiger partial charge in [0.25, 0.3) is 0 Å². The molecule has 6 nitrogen and oxygen atoms in total. The second-order valence-corrected chi connectivity index (χ2v) is 4.42. The van der Waals surface area contributed by atoms with Crippen molar-refractivity contribution in [3.63, 3.8) is 0 Å². The van der Waals surface area contributed by atoms with E-state index in [4.69, 9.17) is 9.47 Å². The number of nitrogens with zero attached hydrogens (tertiary/aromatic N) is 1. The van der Waals surface area contributed by atoms with E-state index in [9.17, 15) is 10.1 Å². The lowest BCUT2D eigenvalue weighted by Crippen LogP contribution is -1.99. The second-order valence-electron chi connectivity index (χ2n) is 4.42. The first-order valence-electron chi connectivity index (χ1n) is 6.34. The maximum absolute atomic E-state index is 11.3. The van der Waals surface area contributed by atoms with Crippen molar-refractivity contribution in [2.75, 3.05) is 19.5 Å². The zero-order valence-corrected chi connectivity index (χ0v) is 12.0. The molecule has 0 aliphatic heterocycles. The fraction of sp³-hybridized carbons (Fsp3) is 0.200. The van der Waals surface area contributed by atoms with Gasteiger partial charge in [-0.3, -0.25) is 10.1 Å². The van der Waals surface area contributed by atoms with Crippen LogP contribution < -0.4 is 14.8 Å². The van der Waals surface area contributed by atoms with Crippen LogP contribution in [0.2, 0.25) is 0 Å². The normalized spacial score (nSPS) is 10.0. The summed E-state index contributed by atoms with van der Waals surface area (Å²) in [5.74, 6) is 1.12. The molecule has 0 amide bonds. The van der Waals surface area contributed by atoms with E-state index in [1.165, 1.54) is 7.11 Å². The lowest BCUT2D eigenvalue weighted by molar-refractivity contribution is -0.384. The van der Waals surface area contributed by atoms with E-state index in [0.717, 1.165) is 5.56 Å². The van der Waals surface area contributed by atoms with E-state index in [-0.39, 0.29) is 11.4 Å². The molecular weight excluding hydrogens is 272 g/mol. The van der Waals surface area contributed by atoms with Gasteiger partial charge in [0.05, 0.1) is 12.0 Å². The van der Waals surface area contributed by atoms with Gasteiger partial charge in [0.1, 0.15) is 5.69 Å². The van der Waals surface area contributed by atoms with Crippen molar-refractivity contribution in [2.45, 2.75) is 6.92 Å². The summed E-state index contributed by atoms with van der Waals surface area (Å²) < 4.78 is 10.9. The van der Waals surface area contributed by atoms with Gasteiger partial charge in [-0.2, -0.15) is 0 Å². The van der Waals surface area contributed by atoms with Crippen LogP contribution >= 0.6 is 0 Å². The molecular formula is C15H16N2O4. The number of nitro groups is 1. The predicted molar refractivity (Wildman–Crippen MR) is 80.4 cm³/mol. The molecule has 2 aromatic carbocycles. The number of para-hydroxylation sites is 1. The van der Waals surface area contributed by atoms with E-state index >= 15 is 0 Å². The Bertz CT molecular complexity index is 671. The predicted octanol–water partition coefficient (Wildman–Crippen LogP) is 3.75. The van der Waals surface area contributed by atoms with Crippen molar-refractivity contribution in [1.82, 2.24) is 0 Å². The number of anilines is 1. The van der Waals surface area contributed by atoms with E-state index in [1.54, 1.807) is 31.3 Å². The Morgan fingerprint density at radius 2 is 1.90 bits per heavy atom. The minimum Gasteiger partial charge on any atom is -0.493 e. The summed E-state index contributed by atoms with van der Waals surface area (Å²) in [6.07, 6.45) is 0. The first-order valence-corrected chi connectivity index (χ1v) is 6.34. The van der Waals surface area contributed by atoms with Crippen LogP contribution in [0.3, 0.4) is 0 Å². The van der Waals surface area contributed by atoms with E-state index in [1.807, 2.05) is 19.1 Å². The number of nitrogens with one attached hydrogen (secondary N) is 1. The highest BCUT2D eigenvalue weighted by atomic mass is 16.6. The minimum atomic E-state index is -0.470. The molecule has 0 spiro atoms. The third-order valence-electron chi connectivity index (χ3n) is 2.99. The van der Waals surface area contributed by atoms with Gasteiger partial charge >= 0.3 is 5.69 Å². The molecule has 2 aromatic rings. The lowest BCUT2D eigenvalue weighted by Gasteiger charge is -2.12. The van der Waals surface area contributed by atoms with Crippen LogP contribution in [0.4, 0.5) is 11.4 Å². The SMILES string of the molecule is CNc1cccc(Oc2ccc(C)cc2OC)c1[N+](=O)[O-]. The molecule has 0 atom stereocenters. The van der Waals surface area contributed by atoms with E-state index in [2.05, 4.69) is 5.32 Å². The fourth-order valence-electron chi connectivity index (χ4n) is 1.97. The average Bonchev–Trinajstić information content (AvgIpc) is 2.48. The van der Waals surface area contributed by atoms with Crippen molar-refractivity contribution in [3.05, 3.63) is 52.1 Å². The number of benzene rings is 2. The topological polar surface area (TPSA) is 73.6 Å². The van der Waals surface area contributed by atoms with Crippen LogP contribution in [0, 0.1) is 17.0 Å². The van der Waals surface area contributed by atoms with E-state index < -0.39 is 4.92 Å². The fourth-order valence-corrected chi connectivity index (χ4v) is 1.97. The molecule has 0 unspecified atom stereocenters. The highest BCUT2D eigenvalue weighted by Crippen LogP contribution is 2.40. The molecule has 0 saturated carbocycles. The molecule has 0 aliphatic rings. The van der Waals surface area contributed by atoms with Gasteiger partial charge in [-0.25, -0.2) is 0 Å². The second kappa shape index (κ2) is 6.13. The maximum Gasteiger partial charge on any atom is 0.334 e. The van der Waals surface area contributed by atoms with Crippen molar-refractivity contribution in [1.29, 1.82) is 0 Å². The summed E-state index contributed by atoms with van der Waals surface area (Å²) in [7, 11) is 3.15. The first kappa shape index (κ1) is 14.6. The number of ether oxygens (including phenoxy) is 2. The number of rotatable bonds is 5. The van der Waals surface area contributed by atoms with Crippen LogP contribution in [0.25, 0.3) is 0 Å². The average molecular weight is 288 g/mol. The van der Waals surface area contributed by atoms with Crippen LogP contribution in [0.15, 0.2) is 36.4 Å². The summed E-state index contributed by atoms with van der Waals surface area (Å²) in [6.45, 7) is 1.93. The molecule has 0 radical (unpaired) electrons. The maximum atomic E-state index is 11.3. The van der Waals surface area contributed by atoms with Crippen LogP contribution in [-0.2, 0) is 0 Å². The Morgan fingerprint density at radius 3 is 2.52 bits per heavy atom. The Hall–Kier alpha value is -2.76. The van der Waals surface area contributed by atoms with Crippen LogP contribution in [0.5, 0.6) is 17.2 Å². The van der Waals surface area contributed by atoms with Crippen molar-refractivity contribution in [3.8, 4) is 17.2 Å². The molecule has 0 saturated heterocycles. The molecule has 0 aliphatic carbocycles. The van der Waals surface area contributed by atoms with Gasteiger partial charge in [0.2, 0.25) is 5.75 Å². The number of aryl methyl sites for hydroxylation is 1. The molecule has 0 fully saturated rings. The molecule has 6 heteroatoms. The van der Waals surface area contributed by atoms with Gasteiger partial charge in [-0.1, -0.05) is 12.1 Å². The lowest BCUT2D eigenvalue weighted by atomic mass is 10.2. The largest absolute Gasteiger partial charge is 0.493 e. The monoisotopic (exact) mass is 288 g/mol. The molecule has 0 aromatic heterocycles. The quantitative estimate of drug-likeness (QED) is 0.670. The first-order chi connectivity index (χ1) is 10.1. The van der Waals surface area contributed by atoms with Crippen molar-refractivity contribution in [2.24, 2.45) is 0 Å². The molecule has 21 heavy (non-hydrogen) atoms. The van der Waals surface area contributed by atoms with Crippen molar-refractivity contribution >= 4 is 11.4 Å². The summed E-state index contributed by atoms with van der Waals surface area (Å²) in [5, 5.41) is 14.0. The standard InChI is InChI=1S/C15H16N2O4/c1-10-7-8-12(14(9-10)20-3)21-13-6-4-5-11(16-2)15(13)17(18)19/h4-9,16H,1-3H3. The zero-order valence-electron chi connectivity index (χ0n) is 12.0. The minimum absolute atomic E-state index is 0.109. The molecule has 110 valence electrons. The molecule has 2 rings (SSSR count). The van der Waals surface area contributed by atoms with Gasteiger partial charge < -0.3 is 14.8 Å². The number of nitro benzene ring substituents is 1. The Morgan fingerprint density at radius 1 is 1.14 bits per heavy atom. The highest BCUT2D eigenvalue weighted by Gasteiger charge is 2.21. The smallest absolute Gasteiger partial charge is 0.334 e. The van der Waals surface area contributed by atoms with Gasteiger partial charge in [-0.05, 0) is 36.8 Å². The van der Waals surface area contributed by atoms with Crippen LogP contribution in [0.1, 0.15) is 5.56 Å². The van der Waals surface area contributed by atoms with Gasteiger partial charge in [-0.15, -0.1) is 0 Å². The van der Waals surface area contributed by atoms with Crippen LogP contribution in [-0.4, -0.2) is 19.1 Å². The molecule has 0 heterocycles. The number of methoxy groups -OCH3 is 1. The summed E-state index contributed by atoms with van der Waals surface area (Å²) in [5.41, 5.74) is 1.30. The van der Waals surface area contributed by atoms with Gasteiger partial charge in [0.15, 0.2) is 11.5 Å². The Balaban J connectivity index is 2.47. The summed E-state index contributed by atoms with van der Waals surface area (Å²) >= 11 is 0. The number of hydrogen-bond donors (Lipinski definition) is 1. The van der Waals surface area contributed by atoms with Crippen molar-refractivity contribution < 1.29 is 14.4 Å². The summed E-state index contributed by atoms with van der Waals surface area (Å²) in [4.78, 5) is 10.8. The zero-order chi connectivity index (χ0) is 15.4. The third-order valence-corrected chi connectivity index (χ3v) is 2.99.